The largest absolute Gasteiger partial charge is 0.351 e. The van der Waals surface area contributed by atoms with Gasteiger partial charge in [-0.15, -0.1) is 0 Å². The molecule has 0 spiro atoms. The molecule has 1 fully saturated rings. The molecule has 0 saturated carbocycles. The SMILES string of the molecule is CC(=O)N1CCC(Nc2ncc(-c3cccc(CN(C)C(=O)CN)c3)cn2)CC1. The Balaban J connectivity index is 1.61. The van der Waals surface area contributed by atoms with Crippen LogP contribution in [-0.4, -0.2) is 64.3 Å². The van der Waals surface area contributed by atoms with Crippen molar-refractivity contribution in [3.05, 3.63) is 42.2 Å². The predicted octanol–water partition coefficient (Wildman–Crippen LogP) is 1.48. The number of nitrogens with two attached hydrogens (primary N) is 1. The van der Waals surface area contributed by atoms with Crippen molar-refractivity contribution in [1.29, 1.82) is 0 Å². The summed E-state index contributed by atoms with van der Waals surface area (Å²) in [7, 11) is 1.74. The first-order valence-corrected chi connectivity index (χ1v) is 9.83. The van der Waals surface area contributed by atoms with E-state index >= 15 is 0 Å². The van der Waals surface area contributed by atoms with Gasteiger partial charge in [0.05, 0.1) is 6.54 Å². The molecule has 8 nitrogen and oxygen atoms in total. The highest BCUT2D eigenvalue weighted by Gasteiger charge is 2.21. The number of likely N-dealkylation sites (N-methyl/N-ethyl adjacent to an activating group) is 1. The molecule has 154 valence electrons. The van der Waals surface area contributed by atoms with Crippen LogP contribution in [0, 0.1) is 0 Å². The van der Waals surface area contributed by atoms with Crippen LogP contribution in [0.15, 0.2) is 36.7 Å². The highest BCUT2D eigenvalue weighted by molar-refractivity contribution is 5.77. The lowest BCUT2D eigenvalue weighted by molar-refractivity contribution is -0.130. The molecule has 2 heterocycles. The molecule has 0 radical (unpaired) electrons. The molecule has 1 aromatic carbocycles. The van der Waals surface area contributed by atoms with E-state index in [0.29, 0.717) is 12.5 Å². The number of hydrogen-bond donors (Lipinski definition) is 2. The molecule has 0 unspecified atom stereocenters. The van der Waals surface area contributed by atoms with Crippen molar-refractivity contribution < 1.29 is 9.59 Å². The Morgan fingerprint density at radius 3 is 2.52 bits per heavy atom. The number of carbonyl (C=O) groups excluding carboxylic acids is 2. The minimum atomic E-state index is -0.0942. The second kappa shape index (κ2) is 9.47. The summed E-state index contributed by atoms with van der Waals surface area (Å²) < 4.78 is 0. The maximum absolute atomic E-state index is 11.7. The molecule has 8 heteroatoms. The van der Waals surface area contributed by atoms with Gasteiger partial charge in [-0.1, -0.05) is 18.2 Å². The van der Waals surface area contributed by atoms with E-state index in [1.165, 1.54) is 0 Å². The van der Waals surface area contributed by atoms with Gasteiger partial charge in [0, 0.05) is 57.6 Å². The number of likely N-dealkylation sites (tertiary alicyclic amines) is 1. The lowest BCUT2D eigenvalue weighted by Gasteiger charge is -2.31. The van der Waals surface area contributed by atoms with Gasteiger partial charge in [-0.2, -0.15) is 0 Å². The van der Waals surface area contributed by atoms with Gasteiger partial charge in [0.25, 0.3) is 0 Å². The van der Waals surface area contributed by atoms with Gasteiger partial charge in [-0.25, -0.2) is 9.97 Å². The Hall–Kier alpha value is -3.00. The molecule has 2 aromatic rings. The van der Waals surface area contributed by atoms with Crippen LogP contribution in [0.3, 0.4) is 0 Å². The van der Waals surface area contributed by atoms with Gasteiger partial charge in [0.15, 0.2) is 0 Å². The van der Waals surface area contributed by atoms with Gasteiger partial charge in [-0.05, 0) is 30.0 Å². The number of hydrogen-bond acceptors (Lipinski definition) is 6. The minimum Gasteiger partial charge on any atom is -0.351 e. The Kier molecular flexibility index (Phi) is 6.77. The summed E-state index contributed by atoms with van der Waals surface area (Å²) in [5, 5.41) is 3.36. The molecule has 0 aliphatic carbocycles. The van der Waals surface area contributed by atoms with Gasteiger partial charge in [0.1, 0.15) is 0 Å². The smallest absolute Gasteiger partial charge is 0.236 e. The first-order valence-electron chi connectivity index (χ1n) is 9.83. The average molecular weight is 396 g/mol. The predicted molar refractivity (Wildman–Crippen MR) is 112 cm³/mol. The summed E-state index contributed by atoms with van der Waals surface area (Å²) in [4.78, 5) is 35.5. The zero-order chi connectivity index (χ0) is 20.8. The van der Waals surface area contributed by atoms with Crippen LogP contribution >= 0.6 is 0 Å². The van der Waals surface area contributed by atoms with Crippen molar-refractivity contribution >= 4 is 17.8 Å². The Morgan fingerprint density at radius 1 is 1.21 bits per heavy atom. The van der Waals surface area contributed by atoms with Crippen LogP contribution in [0.1, 0.15) is 25.3 Å². The molecular formula is C21H28N6O2. The number of aromatic nitrogens is 2. The molecule has 0 atom stereocenters. The van der Waals surface area contributed by atoms with Gasteiger partial charge >= 0.3 is 0 Å². The Bertz CT molecular complexity index is 847. The highest BCUT2D eigenvalue weighted by atomic mass is 16.2. The van der Waals surface area contributed by atoms with E-state index in [9.17, 15) is 9.59 Å². The molecule has 1 aromatic heterocycles. The zero-order valence-electron chi connectivity index (χ0n) is 17.0. The van der Waals surface area contributed by atoms with E-state index in [2.05, 4.69) is 15.3 Å². The van der Waals surface area contributed by atoms with E-state index in [1.807, 2.05) is 29.2 Å². The second-order valence-electron chi connectivity index (χ2n) is 7.37. The van der Waals surface area contributed by atoms with E-state index in [-0.39, 0.29) is 24.4 Å². The van der Waals surface area contributed by atoms with Crippen molar-refractivity contribution in [3.63, 3.8) is 0 Å². The molecular weight excluding hydrogens is 368 g/mol. The molecule has 0 bridgehead atoms. The third-order valence-corrected chi connectivity index (χ3v) is 5.21. The number of nitrogens with one attached hydrogen (secondary N) is 1. The summed E-state index contributed by atoms with van der Waals surface area (Å²) >= 11 is 0. The minimum absolute atomic E-state index is 0.00622. The first kappa shape index (κ1) is 20.7. The summed E-state index contributed by atoms with van der Waals surface area (Å²) in [6, 6.07) is 8.24. The molecule has 1 aliphatic heterocycles. The lowest BCUT2D eigenvalue weighted by atomic mass is 10.1. The van der Waals surface area contributed by atoms with Crippen LogP contribution in [0.25, 0.3) is 11.1 Å². The fourth-order valence-electron chi connectivity index (χ4n) is 3.44. The maximum atomic E-state index is 11.7. The number of nitrogens with zero attached hydrogens (tertiary/aromatic N) is 4. The van der Waals surface area contributed by atoms with E-state index in [0.717, 1.165) is 42.6 Å². The van der Waals surface area contributed by atoms with Gasteiger partial charge in [-0.3, -0.25) is 9.59 Å². The zero-order valence-corrected chi connectivity index (χ0v) is 17.0. The molecule has 3 N–H and O–H groups in total. The van der Waals surface area contributed by atoms with Crippen LogP contribution in [0.5, 0.6) is 0 Å². The fourth-order valence-corrected chi connectivity index (χ4v) is 3.44. The monoisotopic (exact) mass is 396 g/mol. The summed E-state index contributed by atoms with van der Waals surface area (Å²) in [5.41, 5.74) is 8.35. The summed E-state index contributed by atoms with van der Waals surface area (Å²) in [6.07, 6.45) is 5.38. The van der Waals surface area contributed by atoms with Crippen LogP contribution in [0.4, 0.5) is 5.95 Å². The van der Waals surface area contributed by atoms with Gasteiger partial charge < -0.3 is 20.9 Å². The van der Waals surface area contributed by atoms with Crippen LogP contribution in [-0.2, 0) is 16.1 Å². The Morgan fingerprint density at radius 2 is 1.90 bits per heavy atom. The molecule has 29 heavy (non-hydrogen) atoms. The average Bonchev–Trinajstić information content (AvgIpc) is 2.74. The van der Waals surface area contributed by atoms with Crippen molar-refractivity contribution in [3.8, 4) is 11.1 Å². The van der Waals surface area contributed by atoms with Crippen molar-refractivity contribution in [2.75, 3.05) is 32.0 Å². The normalized spacial score (nSPS) is 14.5. The highest BCUT2D eigenvalue weighted by Crippen LogP contribution is 2.21. The maximum Gasteiger partial charge on any atom is 0.236 e. The van der Waals surface area contributed by atoms with E-state index in [1.54, 1.807) is 31.3 Å². The number of rotatable bonds is 6. The quantitative estimate of drug-likeness (QED) is 0.766. The van der Waals surface area contributed by atoms with E-state index in [4.69, 9.17) is 5.73 Å². The third-order valence-electron chi connectivity index (χ3n) is 5.21. The Labute approximate surface area is 171 Å². The summed E-state index contributed by atoms with van der Waals surface area (Å²) in [5.74, 6) is 0.632. The molecule has 2 amide bonds. The van der Waals surface area contributed by atoms with E-state index < -0.39 is 0 Å². The number of benzene rings is 1. The van der Waals surface area contributed by atoms with Gasteiger partial charge in [0.2, 0.25) is 17.8 Å². The third kappa shape index (κ3) is 5.51. The summed E-state index contributed by atoms with van der Waals surface area (Å²) in [6.45, 7) is 3.65. The number of piperidine rings is 1. The number of amides is 2. The molecule has 1 saturated heterocycles. The van der Waals surface area contributed by atoms with Crippen molar-refractivity contribution in [1.82, 2.24) is 19.8 Å². The second-order valence-corrected chi connectivity index (χ2v) is 7.37. The van der Waals surface area contributed by atoms with Crippen molar-refractivity contribution in [2.24, 2.45) is 5.73 Å². The lowest BCUT2D eigenvalue weighted by Crippen LogP contribution is -2.41. The topological polar surface area (TPSA) is 104 Å². The molecule has 1 aliphatic rings. The van der Waals surface area contributed by atoms with Crippen LogP contribution < -0.4 is 11.1 Å². The van der Waals surface area contributed by atoms with Crippen LogP contribution in [0.2, 0.25) is 0 Å². The standard InChI is InChI=1S/C21H28N6O2/c1-15(28)27-8-6-19(7-9-27)25-21-23-12-18(13-24-21)17-5-3-4-16(10-17)14-26(2)20(29)11-22/h3-5,10,12-13,19H,6-9,11,14,22H2,1-2H3,(H,23,24,25). The fraction of sp³-hybridized carbons (Fsp3) is 0.429. The number of anilines is 1. The number of carbonyl (C=O) groups is 2. The van der Waals surface area contributed by atoms with Crippen molar-refractivity contribution in [2.45, 2.75) is 32.4 Å². The molecule has 3 rings (SSSR count). The first-order chi connectivity index (χ1) is 14.0.